The second-order valence-electron chi connectivity index (χ2n) is 6.98. The third-order valence-corrected chi connectivity index (χ3v) is 5.10. The van der Waals surface area contributed by atoms with Crippen LogP contribution in [0.5, 0.6) is 0 Å². The number of halogens is 1. The van der Waals surface area contributed by atoms with Crippen molar-refractivity contribution < 1.29 is 4.79 Å². The maximum atomic E-state index is 12.0. The summed E-state index contributed by atoms with van der Waals surface area (Å²) in [7, 11) is 0. The van der Waals surface area contributed by atoms with E-state index in [-0.39, 0.29) is 24.1 Å². The Labute approximate surface area is 162 Å². The Balaban J connectivity index is 1.41. The molecule has 0 spiro atoms. The van der Waals surface area contributed by atoms with Gasteiger partial charge in [0.15, 0.2) is 0 Å². The van der Waals surface area contributed by atoms with Gasteiger partial charge in [-0.25, -0.2) is 4.68 Å². The summed E-state index contributed by atoms with van der Waals surface area (Å²) < 4.78 is 1.25. The van der Waals surface area contributed by atoms with Crippen molar-refractivity contribution in [3.8, 4) is 0 Å². The largest absolute Gasteiger partial charge is 0.368 e. The molecular formula is C19H22ClN5O2. The van der Waals surface area contributed by atoms with Crippen molar-refractivity contribution in [1.29, 1.82) is 0 Å². The van der Waals surface area contributed by atoms with Gasteiger partial charge in [0.1, 0.15) is 12.4 Å². The van der Waals surface area contributed by atoms with E-state index in [9.17, 15) is 9.59 Å². The van der Waals surface area contributed by atoms with E-state index in [0.29, 0.717) is 0 Å². The standard InChI is InChI=1S/C19H22ClN5O2/c20-14-2-1-3-16(12-14)23-8-10-24(11-9-23)17-6-7-19(27)25(22-17)13-18(26)21-15-4-5-15/h1-3,6-7,12,15H,4-5,8-11,13H2,(H,21,26). The highest BCUT2D eigenvalue weighted by molar-refractivity contribution is 6.30. The van der Waals surface area contributed by atoms with Crippen LogP contribution in [0.4, 0.5) is 11.5 Å². The number of hydrogen-bond acceptors (Lipinski definition) is 5. The number of amides is 1. The monoisotopic (exact) mass is 387 g/mol. The Bertz CT molecular complexity index is 888. The number of hydrogen-bond donors (Lipinski definition) is 1. The Hall–Kier alpha value is -2.54. The highest BCUT2D eigenvalue weighted by Crippen LogP contribution is 2.22. The summed E-state index contributed by atoms with van der Waals surface area (Å²) in [5.74, 6) is 0.564. The number of nitrogens with zero attached hydrogens (tertiary/aromatic N) is 4. The van der Waals surface area contributed by atoms with Crippen molar-refractivity contribution in [2.45, 2.75) is 25.4 Å². The summed E-state index contributed by atoms with van der Waals surface area (Å²) in [5.41, 5.74) is 0.846. The molecule has 0 radical (unpaired) electrons. The third-order valence-electron chi connectivity index (χ3n) is 4.87. The minimum Gasteiger partial charge on any atom is -0.368 e. The van der Waals surface area contributed by atoms with Gasteiger partial charge in [-0.2, -0.15) is 5.10 Å². The fourth-order valence-corrected chi connectivity index (χ4v) is 3.41. The summed E-state index contributed by atoms with van der Waals surface area (Å²) in [6.07, 6.45) is 2.04. The first-order chi connectivity index (χ1) is 13.1. The van der Waals surface area contributed by atoms with E-state index in [2.05, 4.69) is 26.3 Å². The van der Waals surface area contributed by atoms with E-state index in [0.717, 1.165) is 55.5 Å². The van der Waals surface area contributed by atoms with E-state index < -0.39 is 0 Å². The summed E-state index contributed by atoms with van der Waals surface area (Å²) in [4.78, 5) is 28.4. The van der Waals surface area contributed by atoms with Crippen molar-refractivity contribution in [3.63, 3.8) is 0 Å². The third kappa shape index (κ3) is 4.42. The first-order valence-electron chi connectivity index (χ1n) is 9.21. The van der Waals surface area contributed by atoms with E-state index in [1.807, 2.05) is 18.2 Å². The Morgan fingerprint density at radius 1 is 1.11 bits per heavy atom. The molecule has 1 saturated carbocycles. The summed E-state index contributed by atoms with van der Waals surface area (Å²) in [6, 6.07) is 11.3. The fraction of sp³-hybridized carbons (Fsp3) is 0.421. The number of aromatic nitrogens is 2. The molecule has 1 aliphatic carbocycles. The van der Waals surface area contributed by atoms with E-state index in [1.165, 1.54) is 10.7 Å². The smallest absolute Gasteiger partial charge is 0.267 e. The van der Waals surface area contributed by atoms with Gasteiger partial charge in [0.2, 0.25) is 5.91 Å². The van der Waals surface area contributed by atoms with Crippen LogP contribution in [0.3, 0.4) is 0 Å². The van der Waals surface area contributed by atoms with Crippen LogP contribution < -0.4 is 20.7 Å². The maximum Gasteiger partial charge on any atom is 0.267 e. The number of benzene rings is 1. The lowest BCUT2D eigenvalue weighted by Gasteiger charge is -2.36. The molecule has 8 heteroatoms. The molecule has 0 bridgehead atoms. The molecule has 27 heavy (non-hydrogen) atoms. The van der Waals surface area contributed by atoms with Crippen LogP contribution >= 0.6 is 11.6 Å². The van der Waals surface area contributed by atoms with Gasteiger partial charge >= 0.3 is 0 Å². The zero-order valence-corrected chi connectivity index (χ0v) is 15.7. The van der Waals surface area contributed by atoms with Crippen LogP contribution in [0.2, 0.25) is 5.02 Å². The average Bonchev–Trinajstić information content (AvgIpc) is 3.47. The molecule has 1 amide bonds. The van der Waals surface area contributed by atoms with E-state index >= 15 is 0 Å². The number of carbonyl (C=O) groups is 1. The van der Waals surface area contributed by atoms with Crippen molar-refractivity contribution in [3.05, 3.63) is 51.8 Å². The van der Waals surface area contributed by atoms with Gasteiger partial charge in [-0.05, 0) is 37.1 Å². The molecule has 2 aliphatic rings. The lowest BCUT2D eigenvalue weighted by molar-refractivity contribution is -0.122. The summed E-state index contributed by atoms with van der Waals surface area (Å²) >= 11 is 6.09. The molecule has 2 heterocycles. The number of nitrogens with one attached hydrogen (secondary N) is 1. The second-order valence-corrected chi connectivity index (χ2v) is 7.42. The first kappa shape index (κ1) is 17.9. The number of piperazine rings is 1. The van der Waals surface area contributed by atoms with Crippen LogP contribution in [0.15, 0.2) is 41.2 Å². The zero-order valence-electron chi connectivity index (χ0n) is 15.0. The van der Waals surface area contributed by atoms with Crippen molar-refractivity contribution >= 4 is 29.0 Å². The van der Waals surface area contributed by atoms with Crippen LogP contribution in [-0.2, 0) is 11.3 Å². The van der Waals surface area contributed by atoms with Gasteiger partial charge in [-0.1, -0.05) is 17.7 Å². The molecule has 2 fully saturated rings. The highest BCUT2D eigenvalue weighted by atomic mass is 35.5. The first-order valence-corrected chi connectivity index (χ1v) is 9.59. The molecule has 0 unspecified atom stereocenters. The SMILES string of the molecule is O=C(Cn1nc(N2CCN(c3cccc(Cl)c3)CC2)ccc1=O)NC1CC1. The van der Waals surface area contributed by atoms with E-state index in [4.69, 9.17) is 11.6 Å². The molecule has 142 valence electrons. The van der Waals surface area contributed by atoms with Gasteiger partial charge in [0.25, 0.3) is 5.56 Å². The minimum absolute atomic E-state index is 0.0361. The molecule has 2 aromatic rings. The summed E-state index contributed by atoms with van der Waals surface area (Å²) in [5, 5.41) is 8.02. The summed E-state index contributed by atoms with van der Waals surface area (Å²) in [6.45, 7) is 3.20. The molecule has 1 aromatic heterocycles. The van der Waals surface area contributed by atoms with Gasteiger partial charge in [-0.15, -0.1) is 0 Å². The number of carbonyl (C=O) groups excluding carboxylic acids is 1. The molecular weight excluding hydrogens is 366 g/mol. The molecule has 4 rings (SSSR count). The van der Waals surface area contributed by atoms with Gasteiger partial charge < -0.3 is 15.1 Å². The van der Waals surface area contributed by atoms with Crippen molar-refractivity contribution in [2.75, 3.05) is 36.0 Å². The molecule has 7 nitrogen and oxygen atoms in total. The quantitative estimate of drug-likeness (QED) is 0.842. The van der Waals surface area contributed by atoms with Crippen LogP contribution in [-0.4, -0.2) is 47.9 Å². The Kier molecular flexibility index (Phi) is 5.03. The van der Waals surface area contributed by atoms with Crippen molar-refractivity contribution in [1.82, 2.24) is 15.1 Å². The fourth-order valence-electron chi connectivity index (χ4n) is 3.22. The number of rotatable bonds is 5. The van der Waals surface area contributed by atoms with E-state index in [1.54, 1.807) is 6.07 Å². The number of anilines is 2. The van der Waals surface area contributed by atoms with Crippen LogP contribution in [0.1, 0.15) is 12.8 Å². The molecule has 1 aromatic carbocycles. The van der Waals surface area contributed by atoms with Crippen LogP contribution in [0.25, 0.3) is 0 Å². The minimum atomic E-state index is -0.262. The molecule has 1 saturated heterocycles. The average molecular weight is 388 g/mol. The maximum absolute atomic E-state index is 12.0. The second kappa shape index (κ2) is 7.60. The van der Waals surface area contributed by atoms with Gasteiger partial charge in [-0.3, -0.25) is 9.59 Å². The predicted molar refractivity (Wildman–Crippen MR) is 106 cm³/mol. The lowest BCUT2D eigenvalue weighted by Crippen LogP contribution is -2.47. The Morgan fingerprint density at radius 2 is 1.85 bits per heavy atom. The van der Waals surface area contributed by atoms with Crippen molar-refractivity contribution in [2.24, 2.45) is 0 Å². The lowest BCUT2D eigenvalue weighted by atomic mass is 10.2. The zero-order chi connectivity index (χ0) is 18.8. The van der Waals surface area contributed by atoms with Gasteiger partial charge in [0, 0.05) is 49.0 Å². The molecule has 0 atom stereocenters. The predicted octanol–water partition coefficient (Wildman–Crippen LogP) is 1.50. The Morgan fingerprint density at radius 3 is 2.56 bits per heavy atom. The van der Waals surface area contributed by atoms with Crippen LogP contribution in [0, 0.1) is 0 Å². The molecule has 1 N–H and O–H groups in total. The molecule has 1 aliphatic heterocycles. The normalized spacial score (nSPS) is 17.1. The topological polar surface area (TPSA) is 70.5 Å². The highest BCUT2D eigenvalue weighted by Gasteiger charge is 2.24. The van der Waals surface area contributed by atoms with Gasteiger partial charge in [0.05, 0.1) is 0 Å².